The van der Waals surface area contributed by atoms with Crippen molar-refractivity contribution in [3.63, 3.8) is 0 Å². The molecule has 1 aromatic rings. The zero-order valence-electron chi connectivity index (χ0n) is 36.2. The summed E-state index contributed by atoms with van der Waals surface area (Å²) >= 11 is 1.92. The number of nitrogens with one attached hydrogen (secondary N) is 4. The van der Waals surface area contributed by atoms with Gasteiger partial charge in [0.1, 0.15) is 11.5 Å². The molecular weight excluding hydrogens is 733 g/mol. The van der Waals surface area contributed by atoms with E-state index in [-0.39, 0.29) is 29.9 Å². The summed E-state index contributed by atoms with van der Waals surface area (Å²) in [6.07, 6.45) is 33.0. The molecule has 0 unspecified atom stereocenters. The third-order valence-corrected chi connectivity index (χ3v) is 13.0. The topological polar surface area (TPSA) is 118 Å². The molecule has 3 atom stereocenters. The van der Waals surface area contributed by atoms with Gasteiger partial charge in [-0.2, -0.15) is 11.8 Å². The van der Waals surface area contributed by atoms with E-state index in [0.29, 0.717) is 55.0 Å². The van der Waals surface area contributed by atoms with Crippen LogP contribution in [0.1, 0.15) is 204 Å². The van der Waals surface area contributed by atoms with Gasteiger partial charge in [0.25, 0.3) is 5.91 Å². The predicted octanol–water partition coefficient (Wildman–Crippen LogP) is 11.4. The number of hydrogen-bond donors (Lipinski definition) is 4. The summed E-state index contributed by atoms with van der Waals surface area (Å²) in [5.41, 5.74) is 0.588. The molecule has 4 amide bonds. The second kappa shape index (κ2) is 32.3. The third kappa shape index (κ3) is 22.9. The Morgan fingerprint density at radius 2 is 1.11 bits per heavy atom. The second-order valence-electron chi connectivity index (χ2n) is 16.6. The first-order chi connectivity index (χ1) is 28.0. The van der Waals surface area contributed by atoms with Gasteiger partial charge in [-0.05, 0) is 50.7 Å². The molecule has 2 saturated heterocycles. The predicted molar refractivity (Wildman–Crippen MR) is 239 cm³/mol. The summed E-state index contributed by atoms with van der Waals surface area (Å²) in [6, 6.07) is 6.10. The van der Waals surface area contributed by atoms with Crippen molar-refractivity contribution in [3.05, 3.63) is 23.8 Å². The number of amides is 4. The van der Waals surface area contributed by atoms with E-state index < -0.39 is 0 Å². The molecule has 0 radical (unpaired) electrons. The van der Waals surface area contributed by atoms with E-state index in [1.807, 2.05) is 30.0 Å². The van der Waals surface area contributed by atoms with Gasteiger partial charge in [0.2, 0.25) is 5.91 Å². The fraction of sp³-hybridized carbons (Fsp3) is 0.809. The standard InChI is InChI=1S/C47H82N4O5S/c1-3-5-7-9-11-13-15-17-21-27-33-55-40-35-39(36-41(37-40)56-34-28-22-18-16-14-12-10-8-6-4-2)46(53)49-32-26-20-19-25-31-48-44(52)30-24-23-29-43-45-42(38-57-43)50-47(54)51-45/h35-37,42-43,45H,3-34,38H2,1-2H3,(H,48,52)(H,49,53)(H2,50,51,54)/t42-,43-,45-/m0/s1. The van der Waals surface area contributed by atoms with Gasteiger partial charge in [-0.15, -0.1) is 0 Å². The van der Waals surface area contributed by atoms with Crippen LogP contribution >= 0.6 is 11.8 Å². The van der Waals surface area contributed by atoms with Crippen LogP contribution in [0.15, 0.2) is 18.2 Å². The molecule has 2 fully saturated rings. The van der Waals surface area contributed by atoms with Crippen LogP contribution in [0.2, 0.25) is 0 Å². The molecule has 0 aliphatic carbocycles. The van der Waals surface area contributed by atoms with Gasteiger partial charge in [-0.1, -0.05) is 149 Å². The Labute approximate surface area is 351 Å². The lowest BCUT2D eigenvalue weighted by Crippen LogP contribution is -2.36. The van der Waals surface area contributed by atoms with Gasteiger partial charge in [0.15, 0.2) is 0 Å². The van der Waals surface area contributed by atoms with Gasteiger partial charge < -0.3 is 30.7 Å². The maximum atomic E-state index is 13.2. The normalized spacial score (nSPS) is 17.2. The largest absolute Gasteiger partial charge is 0.493 e. The molecule has 4 N–H and O–H groups in total. The summed E-state index contributed by atoms with van der Waals surface area (Å²) < 4.78 is 12.3. The highest BCUT2D eigenvalue weighted by Gasteiger charge is 2.42. The molecule has 0 aromatic heterocycles. The van der Waals surface area contributed by atoms with Crippen LogP contribution in [0, 0.1) is 0 Å². The summed E-state index contributed by atoms with van der Waals surface area (Å²) in [5.74, 6) is 2.42. The van der Waals surface area contributed by atoms with Crippen LogP contribution in [-0.4, -0.2) is 67.2 Å². The van der Waals surface area contributed by atoms with Gasteiger partial charge in [0.05, 0.1) is 25.3 Å². The Kier molecular flexibility index (Phi) is 27.6. The van der Waals surface area contributed by atoms with Crippen molar-refractivity contribution in [1.29, 1.82) is 0 Å². The van der Waals surface area contributed by atoms with E-state index in [9.17, 15) is 14.4 Å². The smallest absolute Gasteiger partial charge is 0.315 e. The van der Waals surface area contributed by atoms with Gasteiger partial charge in [-0.25, -0.2) is 4.79 Å². The van der Waals surface area contributed by atoms with E-state index in [1.54, 1.807) is 0 Å². The van der Waals surface area contributed by atoms with Crippen molar-refractivity contribution in [2.45, 2.75) is 211 Å². The van der Waals surface area contributed by atoms with Crippen molar-refractivity contribution in [1.82, 2.24) is 21.3 Å². The molecule has 0 saturated carbocycles. The number of benzene rings is 1. The molecule has 57 heavy (non-hydrogen) atoms. The number of ether oxygens (including phenoxy) is 2. The van der Waals surface area contributed by atoms with Crippen LogP contribution in [0.25, 0.3) is 0 Å². The van der Waals surface area contributed by atoms with Crippen molar-refractivity contribution < 1.29 is 23.9 Å². The van der Waals surface area contributed by atoms with Crippen LogP contribution in [0.4, 0.5) is 4.79 Å². The number of fused-ring (bicyclic) bond motifs is 1. The van der Waals surface area contributed by atoms with E-state index in [0.717, 1.165) is 63.5 Å². The Morgan fingerprint density at radius 1 is 0.614 bits per heavy atom. The first kappa shape index (κ1) is 48.7. The number of unbranched alkanes of at least 4 members (excludes halogenated alkanes) is 22. The number of thioether (sulfide) groups is 1. The molecular formula is C47H82N4O5S. The number of carbonyl (C=O) groups excluding carboxylic acids is 3. The quantitative estimate of drug-likeness (QED) is 0.0392. The fourth-order valence-electron chi connectivity index (χ4n) is 7.93. The maximum Gasteiger partial charge on any atom is 0.315 e. The van der Waals surface area contributed by atoms with Crippen LogP contribution in [0.5, 0.6) is 11.5 Å². The summed E-state index contributed by atoms with van der Waals surface area (Å²) in [4.78, 5) is 37.1. The Bertz CT molecular complexity index is 1170. The number of carbonyl (C=O) groups is 3. The Hall–Kier alpha value is -2.62. The highest BCUT2D eigenvalue weighted by molar-refractivity contribution is 8.00. The zero-order valence-corrected chi connectivity index (χ0v) is 37.1. The molecule has 10 heteroatoms. The van der Waals surface area contributed by atoms with Crippen LogP contribution in [-0.2, 0) is 4.79 Å². The molecule has 2 heterocycles. The third-order valence-electron chi connectivity index (χ3n) is 11.5. The minimum Gasteiger partial charge on any atom is -0.493 e. The Morgan fingerprint density at radius 3 is 1.65 bits per heavy atom. The molecule has 0 spiro atoms. The van der Waals surface area contributed by atoms with E-state index in [1.165, 1.54) is 116 Å². The molecule has 2 aliphatic rings. The van der Waals surface area contributed by atoms with E-state index in [2.05, 4.69) is 35.1 Å². The van der Waals surface area contributed by atoms with Crippen molar-refractivity contribution in [3.8, 4) is 11.5 Å². The summed E-state index contributed by atoms with van der Waals surface area (Å²) in [6.45, 7) is 7.15. The number of rotatable bonds is 37. The molecule has 0 bridgehead atoms. The fourth-order valence-corrected chi connectivity index (χ4v) is 9.47. The molecule has 1 aromatic carbocycles. The molecule has 9 nitrogen and oxygen atoms in total. The lowest BCUT2D eigenvalue weighted by atomic mass is 10.0. The van der Waals surface area contributed by atoms with Gasteiger partial charge >= 0.3 is 6.03 Å². The maximum absolute atomic E-state index is 13.2. The van der Waals surface area contributed by atoms with Crippen molar-refractivity contribution in [2.24, 2.45) is 0 Å². The lowest BCUT2D eigenvalue weighted by Gasteiger charge is -2.16. The Balaban J connectivity index is 1.27. The van der Waals surface area contributed by atoms with Crippen LogP contribution in [0.3, 0.4) is 0 Å². The lowest BCUT2D eigenvalue weighted by molar-refractivity contribution is -0.121. The average Bonchev–Trinajstić information content (AvgIpc) is 3.77. The number of urea groups is 1. The highest BCUT2D eigenvalue weighted by Crippen LogP contribution is 2.33. The summed E-state index contributed by atoms with van der Waals surface area (Å²) in [7, 11) is 0. The second-order valence-corrected chi connectivity index (χ2v) is 17.9. The molecule has 2 aliphatic heterocycles. The van der Waals surface area contributed by atoms with E-state index in [4.69, 9.17) is 9.47 Å². The highest BCUT2D eigenvalue weighted by atomic mass is 32.2. The first-order valence-corrected chi connectivity index (χ1v) is 24.7. The van der Waals surface area contributed by atoms with Gasteiger partial charge in [0, 0.05) is 42.1 Å². The zero-order chi connectivity index (χ0) is 40.6. The van der Waals surface area contributed by atoms with Crippen molar-refractivity contribution in [2.75, 3.05) is 32.1 Å². The molecule has 326 valence electrons. The SMILES string of the molecule is CCCCCCCCCCCCOc1cc(OCCCCCCCCCCCC)cc(C(=O)NCCCCCCNC(=O)CCCC[C@@H]2SC[C@@H]3NC(=O)N[C@@H]32)c1. The average molecular weight is 815 g/mol. The van der Waals surface area contributed by atoms with Crippen LogP contribution < -0.4 is 30.7 Å². The minimum atomic E-state index is -0.0913. The minimum absolute atomic E-state index is 0.0466. The number of hydrogen-bond acceptors (Lipinski definition) is 6. The van der Waals surface area contributed by atoms with E-state index >= 15 is 0 Å². The first-order valence-electron chi connectivity index (χ1n) is 23.6. The molecule has 3 rings (SSSR count). The van der Waals surface area contributed by atoms with Gasteiger partial charge in [-0.3, -0.25) is 9.59 Å². The monoisotopic (exact) mass is 815 g/mol. The summed E-state index contributed by atoms with van der Waals surface area (Å²) in [5, 5.41) is 12.6. The van der Waals surface area contributed by atoms with Crippen molar-refractivity contribution >= 4 is 29.6 Å².